The Morgan fingerprint density at radius 2 is 0.912 bits per heavy atom. The van der Waals surface area contributed by atoms with Crippen molar-refractivity contribution in [3.8, 4) is 22.3 Å². The molecule has 0 atom stereocenters. The first-order chi connectivity index (χ1) is 16.7. The van der Waals surface area contributed by atoms with E-state index in [1.54, 1.807) is 0 Å². The number of aryl methyl sites for hydroxylation is 2. The summed E-state index contributed by atoms with van der Waals surface area (Å²) in [6.07, 6.45) is 0. The molecule has 0 aliphatic rings. The number of para-hydroxylation sites is 2. The van der Waals surface area contributed by atoms with Gasteiger partial charge in [-0.05, 0) is 55.3 Å². The summed E-state index contributed by atoms with van der Waals surface area (Å²) in [7, 11) is 0. The second kappa shape index (κ2) is 7.10. The Kier molecular flexibility index (Phi) is 4.01. The fraction of sp³-hybridized carbons (Fsp3) is 0.0625. The van der Waals surface area contributed by atoms with E-state index in [-0.39, 0.29) is 0 Å². The van der Waals surface area contributed by atoms with Gasteiger partial charge in [0.15, 0.2) is 0 Å². The molecule has 0 fully saturated rings. The Balaban J connectivity index is 1.44. The van der Waals surface area contributed by atoms with Gasteiger partial charge < -0.3 is 8.83 Å². The van der Waals surface area contributed by atoms with Gasteiger partial charge in [-0.15, -0.1) is 0 Å². The minimum Gasteiger partial charge on any atom is -0.455 e. The Bertz CT molecular complexity index is 1750. The molecule has 0 unspecified atom stereocenters. The zero-order chi connectivity index (χ0) is 22.8. The number of hydrogen-bond donors (Lipinski definition) is 0. The molecule has 7 rings (SSSR count). The van der Waals surface area contributed by atoms with Crippen molar-refractivity contribution in [2.45, 2.75) is 13.8 Å². The number of rotatable bonds is 2. The standard InChI is InChI=1S/C32H22O2/c1-19-12-14-29-27(16-19)25-10-4-8-23(31(25)33-29)21-6-3-7-22(18-21)24-9-5-11-26-28-17-20(2)13-15-30(28)34-32(24)26/h3-18H,1-2H3. The van der Waals surface area contributed by atoms with E-state index in [2.05, 4.69) is 111 Å². The fourth-order valence-electron chi connectivity index (χ4n) is 5.13. The smallest absolute Gasteiger partial charge is 0.143 e. The maximum atomic E-state index is 6.34. The Labute approximate surface area is 197 Å². The lowest BCUT2D eigenvalue weighted by Crippen LogP contribution is -1.83. The van der Waals surface area contributed by atoms with Crippen molar-refractivity contribution in [3.05, 3.63) is 108 Å². The lowest BCUT2D eigenvalue weighted by molar-refractivity contribution is 0.669. The highest BCUT2D eigenvalue weighted by Crippen LogP contribution is 2.39. The van der Waals surface area contributed by atoms with Crippen molar-refractivity contribution in [2.24, 2.45) is 0 Å². The van der Waals surface area contributed by atoms with Crippen LogP contribution in [0.2, 0.25) is 0 Å². The Morgan fingerprint density at radius 3 is 1.41 bits per heavy atom. The van der Waals surface area contributed by atoms with Crippen molar-refractivity contribution >= 4 is 43.9 Å². The van der Waals surface area contributed by atoms with Crippen molar-refractivity contribution in [2.75, 3.05) is 0 Å². The maximum absolute atomic E-state index is 6.34. The summed E-state index contributed by atoms with van der Waals surface area (Å²) in [4.78, 5) is 0. The average molecular weight is 439 g/mol. The minimum atomic E-state index is 0.923. The summed E-state index contributed by atoms with van der Waals surface area (Å²) in [6.45, 7) is 4.23. The molecule has 0 radical (unpaired) electrons. The van der Waals surface area contributed by atoms with Crippen LogP contribution in [0.3, 0.4) is 0 Å². The molecule has 162 valence electrons. The van der Waals surface area contributed by atoms with E-state index in [0.717, 1.165) is 66.1 Å². The largest absolute Gasteiger partial charge is 0.455 e. The normalized spacial score (nSPS) is 11.8. The molecule has 0 aliphatic heterocycles. The lowest BCUT2D eigenvalue weighted by atomic mass is 9.96. The summed E-state index contributed by atoms with van der Waals surface area (Å²) in [5.41, 5.74) is 10.6. The predicted octanol–water partition coefficient (Wildman–Crippen LogP) is 9.44. The Morgan fingerprint density at radius 1 is 0.441 bits per heavy atom. The zero-order valence-electron chi connectivity index (χ0n) is 19.1. The SMILES string of the molecule is Cc1ccc2oc3c(-c4cccc(-c5cccc6c5oc5ccc(C)cc56)c4)cccc3c2c1. The van der Waals surface area contributed by atoms with Gasteiger partial charge in [0.2, 0.25) is 0 Å². The predicted molar refractivity (Wildman–Crippen MR) is 141 cm³/mol. The number of hydrogen-bond acceptors (Lipinski definition) is 2. The average Bonchev–Trinajstić information content (AvgIpc) is 3.42. The molecule has 0 aliphatic carbocycles. The fourth-order valence-corrected chi connectivity index (χ4v) is 5.13. The van der Waals surface area contributed by atoms with Gasteiger partial charge in [0.25, 0.3) is 0 Å². The van der Waals surface area contributed by atoms with Gasteiger partial charge in [-0.1, -0.05) is 77.9 Å². The van der Waals surface area contributed by atoms with Crippen LogP contribution in [0.25, 0.3) is 66.1 Å². The summed E-state index contributed by atoms with van der Waals surface area (Å²) >= 11 is 0. The zero-order valence-corrected chi connectivity index (χ0v) is 19.1. The van der Waals surface area contributed by atoms with Crippen molar-refractivity contribution < 1.29 is 8.83 Å². The molecule has 0 amide bonds. The third kappa shape index (κ3) is 2.82. The molecule has 0 bridgehead atoms. The summed E-state index contributed by atoms with van der Waals surface area (Å²) in [6, 6.07) is 34.2. The first-order valence-corrected chi connectivity index (χ1v) is 11.6. The molecule has 2 heterocycles. The number of fused-ring (bicyclic) bond motifs is 6. The molecule has 2 heteroatoms. The highest BCUT2D eigenvalue weighted by Gasteiger charge is 2.15. The molecule has 2 aromatic heterocycles. The van der Waals surface area contributed by atoms with Crippen LogP contribution in [0.5, 0.6) is 0 Å². The van der Waals surface area contributed by atoms with Crippen molar-refractivity contribution in [1.82, 2.24) is 0 Å². The van der Waals surface area contributed by atoms with E-state index >= 15 is 0 Å². The van der Waals surface area contributed by atoms with E-state index < -0.39 is 0 Å². The topological polar surface area (TPSA) is 26.3 Å². The van der Waals surface area contributed by atoms with Crippen LogP contribution in [-0.4, -0.2) is 0 Å². The third-order valence-electron chi connectivity index (χ3n) is 6.79. The van der Waals surface area contributed by atoms with Gasteiger partial charge in [-0.2, -0.15) is 0 Å². The van der Waals surface area contributed by atoms with Crippen LogP contribution in [0.1, 0.15) is 11.1 Å². The summed E-state index contributed by atoms with van der Waals surface area (Å²) < 4.78 is 12.7. The minimum absolute atomic E-state index is 0.923. The van der Waals surface area contributed by atoms with E-state index in [4.69, 9.17) is 8.83 Å². The monoisotopic (exact) mass is 438 g/mol. The van der Waals surface area contributed by atoms with Gasteiger partial charge in [0, 0.05) is 32.7 Å². The van der Waals surface area contributed by atoms with E-state index in [1.807, 2.05) is 0 Å². The summed E-state index contributed by atoms with van der Waals surface area (Å²) in [5, 5.41) is 4.62. The lowest BCUT2D eigenvalue weighted by Gasteiger charge is -2.07. The highest BCUT2D eigenvalue weighted by atomic mass is 16.3. The first-order valence-electron chi connectivity index (χ1n) is 11.6. The van der Waals surface area contributed by atoms with Crippen LogP contribution < -0.4 is 0 Å². The van der Waals surface area contributed by atoms with Gasteiger partial charge in [0.1, 0.15) is 22.3 Å². The number of furan rings is 2. The second-order valence-electron chi connectivity index (χ2n) is 9.15. The Hall–Kier alpha value is -4.30. The maximum Gasteiger partial charge on any atom is 0.143 e. The van der Waals surface area contributed by atoms with Crippen molar-refractivity contribution in [1.29, 1.82) is 0 Å². The van der Waals surface area contributed by atoms with E-state index in [9.17, 15) is 0 Å². The van der Waals surface area contributed by atoms with Crippen LogP contribution in [-0.2, 0) is 0 Å². The molecule has 34 heavy (non-hydrogen) atoms. The van der Waals surface area contributed by atoms with Crippen LogP contribution >= 0.6 is 0 Å². The van der Waals surface area contributed by atoms with Crippen LogP contribution in [0.4, 0.5) is 0 Å². The molecule has 5 aromatic carbocycles. The van der Waals surface area contributed by atoms with Gasteiger partial charge in [0.05, 0.1) is 0 Å². The molecule has 7 aromatic rings. The van der Waals surface area contributed by atoms with E-state index in [0.29, 0.717) is 0 Å². The third-order valence-corrected chi connectivity index (χ3v) is 6.79. The molecule has 0 saturated carbocycles. The van der Waals surface area contributed by atoms with Gasteiger partial charge in [-0.3, -0.25) is 0 Å². The summed E-state index contributed by atoms with van der Waals surface area (Å²) in [5.74, 6) is 0. The molecular formula is C32H22O2. The van der Waals surface area contributed by atoms with Gasteiger partial charge in [-0.25, -0.2) is 0 Å². The van der Waals surface area contributed by atoms with E-state index in [1.165, 1.54) is 11.1 Å². The first kappa shape index (κ1) is 19.2. The van der Waals surface area contributed by atoms with Crippen LogP contribution in [0, 0.1) is 13.8 Å². The molecule has 0 spiro atoms. The molecule has 0 N–H and O–H groups in total. The highest BCUT2D eigenvalue weighted by molar-refractivity contribution is 6.11. The second-order valence-corrected chi connectivity index (χ2v) is 9.15. The quantitative estimate of drug-likeness (QED) is 0.269. The molecular weight excluding hydrogens is 416 g/mol. The van der Waals surface area contributed by atoms with Gasteiger partial charge >= 0.3 is 0 Å². The molecule has 0 saturated heterocycles. The molecule has 2 nitrogen and oxygen atoms in total. The number of benzene rings is 5. The van der Waals surface area contributed by atoms with Crippen molar-refractivity contribution in [3.63, 3.8) is 0 Å². The van der Waals surface area contributed by atoms with Crippen LogP contribution in [0.15, 0.2) is 106 Å².